The van der Waals surface area contributed by atoms with Crippen LogP contribution in [0.25, 0.3) is 0 Å². The molecule has 4 heteroatoms. The number of benzene rings is 1. The van der Waals surface area contributed by atoms with Gasteiger partial charge in [0.15, 0.2) is 0 Å². The summed E-state index contributed by atoms with van der Waals surface area (Å²) in [6.07, 6.45) is 3.52. The molecular weight excluding hydrogens is 228 g/mol. The van der Waals surface area contributed by atoms with E-state index in [1.54, 1.807) is 12.1 Å². The van der Waals surface area contributed by atoms with Gasteiger partial charge in [-0.1, -0.05) is 0 Å². The Kier molecular flexibility index (Phi) is 3.83. The molecule has 0 amide bonds. The van der Waals surface area contributed by atoms with Crippen LogP contribution in [0.2, 0.25) is 0 Å². The number of piperidine rings is 1. The van der Waals surface area contributed by atoms with E-state index in [1.807, 2.05) is 6.07 Å². The molecule has 0 spiro atoms. The third kappa shape index (κ3) is 2.45. The van der Waals surface area contributed by atoms with Crippen molar-refractivity contribution in [1.29, 1.82) is 5.26 Å². The summed E-state index contributed by atoms with van der Waals surface area (Å²) >= 11 is 0. The molecule has 0 unspecified atom stereocenters. The van der Waals surface area contributed by atoms with Gasteiger partial charge in [0.05, 0.1) is 30.0 Å². The van der Waals surface area contributed by atoms with Crippen LogP contribution < -0.4 is 4.90 Å². The number of nitriles is 1. The molecular formula is C14H16N2O2. The number of hydrogen-bond acceptors (Lipinski definition) is 4. The van der Waals surface area contributed by atoms with Crippen molar-refractivity contribution < 1.29 is 9.53 Å². The molecule has 1 heterocycles. The predicted octanol–water partition coefficient (Wildman–Crippen LogP) is 2.34. The average Bonchev–Trinajstić information content (AvgIpc) is 2.46. The van der Waals surface area contributed by atoms with Gasteiger partial charge in [-0.15, -0.1) is 0 Å². The minimum atomic E-state index is -0.382. The van der Waals surface area contributed by atoms with E-state index in [9.17, 15) is 4.79 Å². The van der Waals surface area contributed by atoms with Gasteiger partial charge < -0.3 is 9.64 Å². The molecule has 0 bridgehead atoms. The number of carbonyl (C=O) groups excluding carboxylic acids is 1. The highest BCUT2D eigenvalue weighted by Gasteiger charge is 2.19. The zero-order chi connectivity index (χ0) is 13.0. The van der Waals surface area contributed by atoms with Gasteiger partial charge in [0.25, 0.3) is 0 Å². The van der Waals surface area contributed by atoms with Crippen LogP contribution in [0.4, 0.5) is 5.69 Å². The standard InChI is InChI=1S/C14H16N2O2/c1-18-14(17)12-9-11(10-15)5-6-13(12)16-7-3-2-4-8-16/h5-6,9H,2-4,7-8H2,1H3. The first-order valence-electron chi connectivity index (χ1n) is 6.13. The van der Waals surface area contributed by atoms with E-state index < -0.39 is 0 Å². The fourth-order valence-corrected chi connectivity index (χ4v) is 2.29. The molecule has 1 aromatic rings. The molecule has 94 valence electrons. The number of rotatable bonds is 2. The van der Waals surface area contributed by atoms with E-state index in [0.717, 1.165) is 31.6 Å². The Bertz CT molecular complexity index is 485. The summed E-state index contributed by atoms with van der Waals surface area (Å²) in [7, 11) is 1.36. The highest BCUT2D eigenvalue weighted by atomic mass is 16.5. The lowest BCUT2D eigenvalue weighted by atomic mass is 10.0. The summed E-state index contributed by atoms with van der Waals surface area (Å²) in [6.45, 7) is 1.91. The maximum atomic E-state index is 11.8. The number of esters is 1. The van der Waals surface area contributed by atoms with Crippen molar-refractivity contribution in [1.82, 2.24) is 0 Å². The first-order valence-corrected chi connectivity index (χ1v) is 6.13. The molecule has 1 aliphatic rings. The lowest BCUT2D eigenvalue weighted by molar-refractivity contribution is 0.0601. The summed E-state index contributed by atoms with van der Waals surface area (Å²) in [5, 5.41) is 8.90. The summed E-state index contributed by atoms with van der Waals surface area (Å²) in [5.41, 5.74) is 1.84. The molecule has 4 nitrogen and oxygen atoms in total. The van der Waals surface area contributed by atoms with Crippen LogP contribution >= 0.6 is 0 Å². The number of carbonyl (C=O) groups is 1. The Morgan fingerprint density at radius 2 is 2.06 bits per heavy atom. The van der Waals surface area contributed by atoms with E-state index >= 15 is 0 Å². The van der Waals surface area contributed by atoms with E-state index in [2.05, 4.69) is 11.0 Å². The molecule has 0 aromatic heterocycles. The van der Waals surface area contributed by atoms with Crippen molar-refractivity contribution in [2.24, 2.45) is 0 Å². The van der Waals surface area contributed by atoms with Gasteiger partial charge in [0, 0.05) is 13.1 Å². The van der Waals surface area contributed by atoms with Gasteiger partial charge in [-0.3, -0.25) is 0 Å². The second kappa shape index (κ2) is 5.54. The Hall–Kier alpha value is -2.02. The van der Waals surface area contributed by atoms with Gasteiger partial charge in [-0.2, -0.15) is 5.26 Å². The summed E-state index contributed by atoms with van der Waals surface area (Å²) in [6, 6.07) is 7.25. The van der Waals surface area contributed by atoms with Crippen LogP contribution in [-0.4, -0.2) is 26.2 Å². The SMILES string of the molecule is COC(=O)c1cc(C#N)ccc1N1CCCCC1. The summed E-state index contributed by atoms with van der Waals surface area (Å²) in [4.78, 5) is 14.0. The Balaban J connectivity index is 2.39. The molecule has 1 fully saturated rings. The quantitative estimate of drug-likeness (QED) is 0.749. The molecule has 0 saturated carbocycles. The minimum Gasteiger partial charge on any atom is -0.465 e. The zero-order valence-electron chi connectivity index (χ0n) is 10.5. The molecule has 0 radical (unpaired) electrons. The number of nitrogens with zero attached hydrogens (tertiary/aromatic N) is 2. The van der Waals surface area contributed by atoms with Crippen LogP contribution in [0.1, 0.15) is 35.2 Å². The Morgan fingerprint density at radius 1 is 1.33 bits per heavy atom. The van der Waals surface area contributed by atoms with E-state index in [-0.39, 0.29) is 5.97 Å². The van der Waals surface area contributed by atoms with Crippen LogP contribution in [-0.2, 0) is 4.74 Å². The van der Waals surface area contributed by atoms with Crippen molar-refractivity contribution in [2.45, 2.75) is 19.3 Å². The van der Waals surface area contributed by atoms with Gasteiger partial charge in [-0.25, -0.2) is 4.79 Å². The highest BCUT2D eigenvalue weighted by molar-refractivity contribution is 5.96. The first kappa shape index (κ1) is 12.4. The normalized spacial score (nSPS) is 15.0. The van der Waals surface area contributed by atoms with Crippen molar-refractivity contribution in [2.75, 3.05) is 25.1 Å². The number of methoxy groups -OCH3 is 1. The topological polar surface area (TPSA) is 53.3 Å². The predicted molar refractivity (Wildman–Crippen MR) is 68.6 cm³/mol. The van der Waals surface area contributed by atoms with Crippen LogP contribution in [0.15, 0.2) is 18.2 Å². The lowest BCUT2D eigenvalue weighted by Crippen LogP contribution is -2.30. The third-order valence-electron chi connectivity index (χ3n) is 3.23. The molecule has 0 aliphatic carbocycles. The monoisotopic (exact) mass is 244 g/mol. The summed E-state index contributed by atoms with van der Waals surface area (Å²) < 4.78 is 4.79. The van der Waals surface area contributed by atoms with Crippen LogP contribution in [0.3, 0.4) is 0 Å². The lowest BCUT2D eigenvalue weighted by Gasteiger charge is -2.30. The highest BCUT2D eigenvalue weighted by Crippen LogP contribution is 2.25. The van der Waals surface area contributed by atoms with E-state index in [4.69, 9.17) is 10.00 Å². The summed E-state index contributed by atoms with van der Waals surface area (Å²) in [5.74, 6) is -0.382. The van der Waals surface area contributed by atoms with Gasteiger partial charge in [-0.05, 0) is 37.5 Å². The van der Waals surface area contributed by atoms with Crippen LogP contribution in [0, 0.1) is 11.3 Å². The Morgan fingerprint density at radius 3 is 2.67 bits per heavy atom. The maximum Gasteiger partial charge on any atom is 0.340 e. The number of anilines is 1. The van der Waals surface area contributed by atoms with E-state index in [1.165, 1.54) is 13.5 Å². The van der Waals surface area contributed by atoms with Crippen molar-refractivity contribution in [3.63, 3.8) is 0 Å². The van der Waals surface area contributed by atoms with Crippen molar-refractivity contribution in [3.05, 3.63) is 29.3 Å². The van der Waals surface area contributed by atoms with Gasteiger partial charge in [0.2, 0.25) is 0 Å². The molecule has 1 saturated heterocycles. The number of hydrogen-bond donors (Lipinski definition) is 0. The van der Waals surface area contributed by atoms with E-state index in [0.29, 0.717) is 11.1 Å². The molecule has 1 aromatic carbocycles. The second-order valence-corrected chi connectivity index (χ2v) is 4.38. The molecule has 0 N–H and O–H groups in total. The molecule has 0 atom stereocenters. The fourth-order valence-electron chi connectivity index (χ4n) is 2.29. The van der Waals surface area contributed by atoms with Gasteiger partial charge >= 0.3 is 5.97 Å². The Labute approximate surface area is 107 Å². The van der Waals surface area contributed by atoms with Crippen LogP contribution in [0.5, 0.6) is 0 Å². The zero-order valence-corrected chi connectivity index (χ0v) is 10.5. The molecule has 2 rings (SSSR count). The van der Waals surface area contributed by atoms with Gasteiger partial charge in [0.1, 0.15) is 0 Å². The maximum absolute atomic E-state index is 11.8. The first-order chi connectivity index (χ1) is 8.76. The second-order valence-electron chi connectivity index (χ2n) is 4.38. The molecule has 1 aliphatic heterocycles. The smallest absolute Gasteiger partial charge is 0.340 e. The number of ether oxygens (including phenoxy) is 1. The minimum absolute atomic E-state index is 0.382. The third-order valence-corrected chi connectivity index (χ3v) is 3.23. The van der Waals surface area contributed by atoms with Crippen molar-refractivity contribution in [3.8, 4) is 6.07 Å². The largest absolute Gasteiger partial charge is 0.465 e. The average molecular weight is 244 g/mol. The molecule has 18 heavy (non-hydrogen) atoms. The van der Waals surface area contributed by atoms with Crippen molar-refractivity contribution >= 4 is 11.7 Å². The fraction of sp³-hybridized carbons (Fsp3) is 0.429.